The van der Waals surface area contributed by atoms with Crippen molar-refractivity contribution >= 4 is 22.6 Å². The number of nitrogens with zero attached hydrogens (tertiary/aromatic N) is 3. The van der Waals surface area contributed by atoms with Crippen LogP contribution in [0.4, 0.5) is 5.13 Å². The van der Waals surface area contributed by atoms with Crippen LogP contribution in [0, 0.1) is 0 Å². The third-order valence-electron chi connectivity index (χ3n) is 4.06. The van der Waals surface area contributed by atoms with Gasteiger partial charge in [0.15, 0.2) is 0 Å². The number of hydrogen-bond donors (Lipinski definition) is 1. The quantitative estimate of drug-likeness (QED) is 0.905. The van der Waals surface area contributed by atoms with Gasteiger partial charge in [0.05, 0.1) is 19.3 Å². The second kappa shape index (κ2) is 6.05. The molecule has 1 aliphatic carbocycles. The van der Waals surface area contributed by atoms with Crippen LogP contribution < -0.4 is 10.6 Å². The number of primary amides is 1. The lowest BCUT2D eigenvalue weighted by molar-refractivity contribution is -0.118. The average Bonchev–Trinajstić information content (AvgIpc) is 3.10. The highest BCUT2D eigenvalue weighted by Crippen LogP contribution is 2.34. The molecule has 0 aromatic carbocycles. The molecule has 7 heteroatoms. The number of carbonyl (C=O) groups excluding carboxylic acids is 1. The maximum atomic E-state index is 11.2. The molecule has 20 heavy (non-hydrogen) atoms. The number of carbonyl (C=O) groups is 1. The summed E-state index contributed by atoms with van der Waals surface area (Å²) in [4.78, 5) is 18.0. The van der Waals surface area contributed by atoms with Gasteiger partial charge in [-0.1, -0.05) is 12.8 Å². The highest BCUT2D eigenvalue weighted by molar-refractivity contribution is 7.09. The molecule has 1 unspecified atom stereocenters. The molecule has 2 aliphatic rings. The molecule has 6 nitrogen and oxygen atoms in total. The zero-order valence-corrected chi connectivity index (χ0v) is 12.3. The Morgan fingerprint density at radius 3 is 3.00 bits per heavy atom. The van der Waals surface area contributed by atoms with Crippen molar-refractivity contribution in [3.63, 3.8) is 0 Å². The third-order valence-corrected chi connectivity index (χ3v) is 4.83. The maximum absolute atomic E-state index is 11.2. The summed E-state index contributed by atoms with van der Waals surface area (Å²) in [5.74, 6) is 1.20. The first-order valence-corrected chi connectivity index (χ1v) is 7.97. The van der Waals surface area contributed by atoms with Gasteiger partial charge in [0.1, 0.15) is 5.82 Å². The van der Waals surface area contributed by atoms with E-state index in [0.29, 0.717) is 25.6 Å². The predicted molar refractivity (Wildman–Crippen MR) is 76.9 cm³/mol. The van der Waals surface area contributed by atoms with Gasteiger partial charge in [-0.3, -0.25) is 4.79 Å². The van der Waals surface area contributed by atoms with E-state index in [4.69, 9.17) is 15.5 Å². The van der Waals surface area contributed by atoms with Crippen LogP contribution in [0.15, 0.2) is 0 Å². The first kappa shape index (κ1) is 13.8. The second-order valence-electron chi connectivity index (χ2n) is 5.51. The average molecular weight is 296 g/mol. The molecule has 1 aromatic rings. The molecule has 3 rings (SSSR count). The van der Waals surface area contributed by atoms with Crippen LogP contribution in [0.25, 0.3) is 0 Å². The van der Waals surface area contributed by atoms with E-state index in [2.05, 4.69) is 9.27 Å². The molecule has 110 valence electrons. The summed E-state index contributed by atoms with van der Waals surface area (Å²) in [7, 11) is 0. The Labute approximate surface area is 122 Å². The molecule has 1 saturated carbocycles. The largest absolute Gasteiger partial charge is 0.377 e. The number of nitrogens with two attached hydrogens (primary N) is 1. The van der Waals surface area contributed by atoms with Gasteiger partial charge in [-0.25, -0.2) is 4.98 Å². The van der Waals surface area contributed by atoms with Crippen LogP contribution in [0.5, 0.6) is 0 Å². The summed E-state index contributed by atoms with van der Waals surface area (Å²) in [5.41, 5.74) is 5.31. The topological polar surface area (TPSA) is 81.3 Å². The lowest BCUT2D eigenvalue weighted by Crippen LogP contribution is -2.47. The minimum Gasteiger partial charge on any atom is -0.377 e. The van der Waals surface area contributed by atoms with E-state index in [1.807, 2.05) is 0 Å². The summed E-state index contributed by atoms with van der Waals surface area (Å²) in [6.45, 7) is 1.94. The molecule has 2 N–H and O–H groups in total. The Bertz CT molecular complexity index is 473. The van der Waals surface area contributed by atoms with E-state index in [-0.39, 0.29) is 11.9 Å². The summed E-state index contributed by atoms with van der Waals surface area (Å²) >= 11 is 1.43. The van der Waals surface area contributed by atoms with Crippen LogP contribution in [-0.4, -0.2) is 41.1 Å². The Morgan fingerprint density at radius 2 is 2.25 bits per heavy atom. The van der Waals surface area contributed by atoms with E-state index in [1.165, 1.54) is 37.2 Å². The maximum Gasteiger partial charge on any atom is 0.219 e. The summed E-state index contributed by atoms with van der Waals surface area (Å²) in [6.07, 6.45) is 5.26. The molecule has 0 radical (unpaired) electrons. The van der Waals surface area contributed by atoms with Gasteiger partial charge in [-0.2, -0.15) is 4.37 Å². The fourth-order valence-electron chi connectivity index (χ4n) is 3.00. The number of aromatic nitrogens is 2. The fourth-order valence-corrected chi connectivity index (χ4v) is 3.85. The zero-order valence-electron chi connectivity index (χ0n) is 11.5. The lowest BCUT2D eigenvalue weighted by atomic mass is 10.1. The van der Waals surface area contributed by atoms with Crippen molar-refractivity contribution in [1.29, 1.82) is 0 Å². The Kier molecular flexibility index (Phi) is 4.16. The van der Waals surface area contributed by atoms with Crippen LogP contribution in [0.1, 0.15) is 43.8 Å². The Morgan fingerprint density at radius 1 is 1.45 bits per heavy atom. The Hall–Kier alpha value is -1.21. The van der Waals surface area contributed by atoms with E-state index in [1.54, 1.807) is 0 Å². The second-order valence-corrected chi connectivity index (χ2v) is 6.24. The number of morpholine rings is 1. The van der Waals surface area contributed by atoms with Gasteiger partial charge in [-0.05, 0) is 12.8 Å². The predicted octanol–water partition coefficient (Wildman–Crippen LogP) is 1.28. The van der Waals surface area contributed by atoms with Gasteiger partial charge in [-0.15, -0.1) is 0 Å². The van der Waals surface area contributed by atoms with Gasteiger partial charge in [0, 0.05) is 30.4 Å². The van der Waals surface area contributed by atoms with Crippen LogP contribution in [0.3, 0.4) is 0 Å². The Balaban J connectivity index is 1.74. The highest BCUT2D eigenvalue weighted by Gasteiger charge is 2.29. The van der Waals surface area contributed by atoms with E-state index >= 15 is 0 Å². The normalized spacial score (nSPS) is 24.2. The highest BCUT2D eigenvalue weighted by atomic mass is 32.1. The van der Waals surface area contributed by atoms with Gasteiger partial charge in [0.25, 0.3) is 0 Å². The number of amides is 1. The van der Waals surface area contributed by atoms with Crippen molar-refractivity contribution in [3.05, 3.63) is 5.82 Å². The van der Waals surface area contributed by atoms with Gasteiger partial charge >= 0.3 is 0 Å². The summed E-state index contributed by atoms with van der Waals surface area (Å²) < 4.78 is 9.97. The first-order valence-electron chi connectivity index (χ1n) is 7.20. The molecular weight excluding hydrogens is 276 g/mol. The van der Waals surface area contributed by atoms with Gasteiger partial charge in [0.2, 0.25) is 11.0 Å². The van der Waals surface area contributed by atoms with E-state index in [9.17, 15) is 4.79 Å². The molecule has 0 spiro atoms. The monoisotopic (exact) mass is 296 g/mol. The van der Waals surface area contributed by atoms with Crippen LogP contribution in [0.2, 0.25) is 0 Å². The summed E-state index contributed by atoms with van der Waals surface area (Å²) in [6, 6.07) is -0.00868. The van der Waals surface area contributed by atoms with Crippen molar-refractivity contribution in [2.45, 2.75) is 44.1 Å². The third kappa shape index (κ3) is 2.93. The van der Waals surface area contributed by atoms with Crippen molar-refractivity contribution in [3.8, 4) is 0 Å². The van der Waals surface area contributed by atoms with Crippen LogP contribution >= 0.6 is 11.5 Å². The van der Waals surface area contributed by atoms with E-state index < -0.39 is 0 Å². The zero-order chi connectivity index (χ0) is 13.9. The summed E-state index contributed by atoms with van der Waals surface area (Å²) in [5, 5.41) is 0.904. The number of hydrogen-bond acceptors (Lipinski definition) is 6. The van der Waals surface area contributed by atoms with Gasteiger partial charge < -0.3 is 15.4 Å². The minimum atomic E-state index is -0.300. The minimum absolute atomic E-state index is 0.00868. The fraction of sp³-hybridized carbons (Fsp3) is 0.769. The number of rotatable bonds is 4. The molecule has 2 heterocycles. The number of anilines is 1. The van der Waals surface area contributed by atoms with Crippen molar-refractivity contribution in [2.75, 3.05) is 24.7 Å². The standard InChI is InChI=1S/C13H20N4O2S/c14-11(18)7-10-8-19-6-5-17(10)13-15-12(16-20-13)9-3-1-2-4-9/h9-10H,1-8H2,(H2,14,18). The molecule has 1 atom stereocenters. The van der Waals surface area contributed by atoms with Crippen LogP contribution in [-0.2, 0) is 9.53 Å². The molecule has 0 bridgehead atoms. The molecule has 1 aromatic heterocycles. The SMILES string of the molecule is NC(=O)CC1COCCN1c1nc(C2CCCC2)ns1. The first-order chi connectivity index (χ1) is 9.74. The number of ether oxygens (including phenoxy) is 1. The van der Waals surface area contributed by atoms with E-state index in [0.717, 1.165) is 17.5 Å². The van der Waals surface area contributed by atoms with Crippen molar-refractivity contribution in [1.82, 2.24) is 9.36 Å². The molecule has 1 amide bonds. The molecular formula is C13H20N4O2S. The molecule has 2 fully saturated rings. The molecule has 1 aliphatic heterocycles. The smallest absolute Gasteiger partial charge is 0.219 e. The van der Waals surface area contributed by atoms with Crippen molar-refractivity contribution in [2.24, 2.45) is 5.73 Å². The lowest BCUT2D eigenvalue weighted by Gasteiger charge is -2.34. The molecule has 1 saturated heterocycles. The van der Waals surface area contributed by atoms with Crippen molar-refractivity contribution < 1.29 is 9.53 Å².